The van der Waals surface area contributed by atoms with E-state index in [4.69, 9.17) is 6.42 Å². The molecule has 0 nitrogen and oxygen atoms in total. The van der Waals surface area contributed by atoms with Gasteiger partial charge in [-0.15, -0.1) is 6.42 Å². The fourth-order valence-corrected chi connectivity index (χ4v) is 6.50. The maximum atomic E-state index is 5.77. The molecule has 4 aliphatic rings. The zero-order valence-electron chi connectivity index (χ0n) is 13.6. The highest BCUT2D eigenvalue weighted by atomic mass is 14.6. The zero-order valence-corrected chi connectivity index (χ0v) is 13.6. The first kappa shape index (κ1) is 13.7. The van der Waals surface area contributed by atoms with Crippen LogP contribution in [-0.2, 0) is 0 Å². The van der Waals surface area contributed by atoms with E-state index >= 15 is 0 Å². The van der Waals surface area contributed by atoms with Gasteiger partial charge < -0.3 is 0 Å². The smallest absolute Gasteiger partial charge is 0.0219 e. The van der Waals surface area contributed by atoms with Gasteiger partial charge in [-0.1, -0.05) is 44.3 Å². The van der Waals surface area contributed by atoms with Crippen molar-refractivity contribution in [1.29, 1.82) is 0 Å². The summed E-state index contributed by atoms with van der Waals surface area (Å²) in [5, 5.41) is 0. The predicted octanol–water partition coefficient (Wildman–Crippen LogP) is 5.51. The third-order valence-electron chi connectivity index (χ3n) is 7.78. The van der Waals surface area contributed by atoms with Crippen molar-refractivity contribution in [2.24, 2.45) is 28.6 Å². The molecule has 0 N–H and O–H groups in total. The van der Waals surface area contributed by atoms with E-state index in [1.165, 1.54) is 56.9 Å². The molecule has 0 aliphatic heterocycles. The van der Waals surface area contributed by atoms with Crippen molar-refractivity contribution in [2.75, 3.05) is 0 Å². The molecule has 5 atom stereocenters. The largest absolute Gasteiger partial charge is 0.115 e. The van der Waals surface area contributed by atoms with Crippen molar-refractivity contribution in [2.45, 2.75) is 65.2 Å². The molecule has 3 fully saturated rings. The molecule has 0 radical (unpaired) electrons. The van der Waals surface area contributed by atoms with Gasteiger partial charge in [0.05, 0.1) is 0 Å². The number of hydrogen-bond donors (Lipinski definition) is 0. The number of rotatable bonds is 0. The van der Waals surface area contributed by atoms with Gasteiger partial charge in [-0.25, -0.2) is 0 Å². The van der Waals surface area contributed by atoms with E-state index in [2.05, 4.69) is 31.9 Å². The maximum absolute atomic E-state index is 5.77. The maximum Gasteiger partial charge on any atom is 0.0219 e. The molecule has 1 unspecified atom stereocenters. The van der Waals surface area contributed by atoms with Gasteiger partial charge in [-0.05, 0) is 67.8 Å². The summed E-state index contributed by atoms with van der Waals surface area (Å²) in [5.74, 6) is 5.70. The molecule has 112 valence electrons. The lowest BCUT2D eigenvalue weighted by molar-refractivity contribution is -0.0476. The summed E-state index contributed by atoms with van der Waals surface area (Å²) in [5.41, 5.74) is 3.75. The summed E-state index contributed by atoms with van der Waals surface area (Å²) < 4.78 is 0. The standard InChI is InChI=1S/C21H28/c1-4-15-9-11-18-17-10-8-16-7-5-6-13-20(16,2)19(17)12-14-21(15,18)3/h1,9,11,16-17,19H,5-8,10,12-14H2,2-3H3/t16?,17-,19-,20-,21+/m0/s1. The van der Waals surface area contributed by atoms with Crippen molar-refractivity contribution in [3.8, 4) is 12.3 Å². The second-order valence-electron chi connectivity index (χ2n) is 8.46. The van der Waals surface area contributed by atoms with Crippen molar-refractivity contribution >= 4 is 0 Å². The SMILES string of the molecule is C#CC1=CC=C2[C@@H]3CCC4CCCC[C@]4(C)[C@H]3CC[C@]12C. The Bertz CT molecular complexity index is 557. The molecular formula is C21H28. The average molecular weight is 280 g/mol. The molecule has 3 saturated carbocycles. The first-order chi connectivity index (χ1) is 10.1. The Morgan fingerprint density at radius 3 is 2.71 bits per heavy atom. The monoisotopic (exact) mass is 280 g/mol. The summed E-state index contributed by atoms with van der Waals surface area (Å²) >= 11 is 0. The van der Waals surface area contributed by atoms with E-state index in [1.807, 2.05) is 0 Å². The van der Waals surface area contributed by atoms with Crippen LogP contribution in [0.4, 0.5) is 0 Å². The Morgan fingerprint density at radius 2 is 1.90 bits per heavy atom. The van der Waals surface area contributed by atoms with Crippen LogP contribution in [0.5, 0.6) is 0 Å². The van der Waals surface area contributed by atoms with Crippen LogP contribution in [0.25, 0.3) is 0 Å². The fraction of sp³-hybridized carbons (Fsp3) is 0.714. The molecule has 4 aliphatic carbocycles. The topological polar surface area (TPSA) is 0 Å². The van der Waals surface area contributed by atoms with Gasteiger partial charge in [0, 0.05) is 11.0 Å². The van der Waals surface area contributed by atoms with Crippen LogP contribution in [0.3, 0.4) is 0 Å². The summed E-state index contributed by atoms with van der Waals surface area (Å²) in [4.78, 5) is 0. The van der Waals surface area contributed by atoms with Crippen molar-refractivity contribution in [3.63, 3.8) is 0 Å². The first-order valence-corrected chi connectivity index (χ1v) is 8.99. The third kappa shape index (κ3) is 1.70. The Morgan fingerprint density at radius 1 is 1.05 bits per heavy atom. The van der Waals surface area contributed by atoms with Crippen LogP contribution < -0.4 is 0 Å². The highest BCUT2D eigenvalue weighted by molar-refractivity contribution is 5.50. The molecule has 0 amide bonds. The van der Waals surface area contributed by atoms with Crippen LogP contribution in [0.1, 0.15) is 65.2 Å². The van der Waals surface area contributed by atoms with E-state index in [1.54, 1.807) is 5.57 Å². The summed E-state index contributed by atoms with van der Waals surface area (Å²) in [6, 6.07) is 0. The van der Waals surface area contributed by atoms with Gasteiger partial charge in [-0.2, -0.15) is 0 Å². The van der Waals surface area contributed by atoms with Crippen LogP contribution in [0.2, 0.25) is 0 Å². The molecule has 0 bridgehead atoms. The average Bonchev–Trinajstić information content (AvgIpc) is 2.83. The van der Waals surface area contributed by atoms with E-state index in [-0.39, 0.29) is 5.41 Å². The number of allylic oxidation sites excluding steroid dienone is 4. The highest BCUT2D eigenvalue weighted by Crippen LogP contribution is 2.64. The molecule has 4 rings (SSSR count). The lowest BCUT2D eigenvalue weighted by Crippen LogP contribution is -2.49. The van der Waals surface area contributed by atoms with Gasteiger partial charge >= 0.3 is 0 Å². The van der Waals surface area contributed by atoms with E-state index in [0.29, 0.717) is 5.41 Å². The second-order valence-corrected chi connectivity index (χ2v) is 8.46. The van der Waals surface area contributed by atoms with Crippen molar-refractivity contribution in [3.05, 3.63) is 23.3 Å². The van der Waals surface area contributed by atoms with Gasteiger partial charge in [0.25, 0.3) is 0 Å². The lowest BCUT2D eigenvalue weighted by atomic mass is 9.46. The molecule has 0 aromatic carbocycles. The van der Waals surface area contributed by atoms with Gasteiger partial charge in [-0.3, -0.25) is 0 Å². The summed E-state index contributed by atoms with van der Waals surface area (Å²) in [7, 11) is 0. The van der Waals surface area contributed by atoms with Crippen molar-refractivity contribution in [1.82, 2.24) is 0 Å². The molecule has 0 heteroatoms. The minimum Gasteiger partial charge on any atom is -0.115 e. The number of fused-ring (bicyclic) bond motifs is 5. The third-order valence-corrected chi connectivity index (χ3v) is 7.78. The van der Waals surface area contributed by atoms with Gasteiger partial charge in [0.1, 0.15) is 0 Å². The summed E-state index contributed by atoms with van der Waals surface area (Å²) in [6.07, 6.45) is 21.9. The lowest BCUT2D eigenvalue weighted by Gasteiger charge is -2.58. The quantitative estimate of drug-likeness (QED) is 0.513. The Hall–Kier alpha value is -0.960. The van der Waals surface area contributed by atoms with Crippen molar-refractivity contribution < 1.29 is 0 Å². The van der Waals surface area contributed by atoms with E-state index in [9.17, 15) is 0 Å². The van der Waals surface area contributed by atoms with Crippen LogP contribution in [0, 0.1) is 40.9 Å². The first-order valence-electron chi connectivity index (χ1n) is 8.99. The molecule has 0 saturated heterocycles. The van der Waals surface area contributed by atoms with Crippen LogP contribution >= 0.6 is 0 Å². The Kier molecular flexibility index (Phi) is 2.94. The zero-order chi connectivity index (χ0) is 14.7. The minimum atomic E-state index is 0.202. The fourth-order valence-electron chi connectivity index (χ4n) is 6.50. The summed E-state index contributed by atoms with van der Waals surface area (Å²) in [6.45, 7) is 5.03. The molecule has 21 heavy (non-hydrogen) atoms. The molecule has 0 spiro atoms. The Labute approximate surface area is 130 Å². The number of hydrogen-bond acceptors (Lipinski definition) is 0. The minimum absolute atomic E-state index is 0.202. The molecule has 0 aromatic rings. The van der Waals surface area contributed by atoms with Crippen LogP contribution in [0.15, 0.2) is 23.3 Å². The van der Waals surface area contributed by atoms with E-state index in [0.717, 1.165) is 17.8 Å². The molecule has 0 aromatic heterocycles. The highest BCUT2D eigenvalue weighted by Gasteiger charge is 2.55. The Balaban J connectivity index is 1.68. The van der Waals surface area contributed by atoms with E-state index < -0.39 is 0 Å². The number of terminal acetylenes is 1. The van der Waals surface area contributed by atoms with Gasteiger partial charge in [0.15, 0.2) is 0 Å². The normalized spacial score (nSPS) is 48.3. The van der Waals surface area contributed by atoms with Crippen LogP contribution in [-0.4, -0.2) is 0 Å². The predicted molar refractivity (Wildman–Crippen MR) is 88.6 cm³/mol. The molecule has 0 heterocycles. The van der Waals surface area contributed by atoms with Gasteiger partial charge in [0.2, 0.25) is 0 Å². The second kappa shape index (κ2) is 4.52. The molecular weight excluding hydrogens is 252 g/mol.